The molecule has 0 aliphatic rings. The molecule has 1 nitrogen and oxygen atoms in total. The molecule has 1 aromatic rings. The average Bonchev–Trinajstić information content (AvgIpc) is 2.19. The van der Waals surface area contributed by atoms with Crippen LogP contribution < -0.4 is 0 Å². The van der Waals surface area contributed by atoms with Crippen LogP contribution in [0.2, 0.25) is 0 Å². The monoisotopic (exact) mass is 209 g/mol. The van der Waals surface area contributed by atoms with Crippen LogP contribution in [-0.2, 0) is 0 Å². The number of aliphatic imine (C=N–C) groups is 1. The minimum atomic E-state index is 0.0150. The highest BCUT2D eigenvalue weighted by Gasteiger charge is 2.05. The zero-order valence-electron chi connectivity index (χ0n) is 8.87. The summed E-state index contributed by atoms with van der Waals surface area (Å²) in [6, 6.07) is 10.4. The van der Waals surface area contributed by atoms with Gasteiger partial charge in [0.15, 0.2) is 0 Å². The van der Waals surface area contributed by atoms with E-state index in [1.165, 1.54) is 5.56 Å². The molecule has 14 heavy (non-hydrogen) atoms. The predicted molar refractivity (Wildman–Crippen MR) is 63.3 cm³/mol. The lowest BCUT2D eigenvalue weighted by molar-refractivity contribution is 0.814. The van der Waals surface area contributed by atoms with Crippen LogP contribution in [0.25, 0.3) is 0 Å². The van der Waals surface area contributed by atoms with Crippen molar-refractivity contribution in [1.82, 2.24) is 0 Å². The highest BCUT2D eigenvalue weighted by atomic mass is 35.5. The number of halogens is 1. The smallest absolute Gasteiger partial charge is 0.0720 e. The normalized spacial score (nSPS) is 16.4. The highest BCUT2D eigenvalue weighted by Crippen LogP contribution is 2.17. The molecule has 0 aliphatic carbocycles. The van der Waals surface area contributed by atoms with Gasteiger partial charge in [0.05, 0.1) is 11.4 Å². The summed E-state index contributed by atoms with van der Waals surface area (Å²) in [6.07, 6.45) is 0. The summed E-state index contributed by atoms with van der Waals surface area (Å²) in [7, 11) is 0. The van der Waals surface area contributed by atoms with Crippen molar-refractivity contribution in [3.8, 4) is 0 Å². The van der Waals surface area contributed by atoms with Crippen molar-refractivity contribution in [3.05, 3.63) is 35.9 Å². The van der Waals surface area contributed by atoms with Crippen molar-refractivity contribution < 1.29 is 0 Å². The molecule has 0 bridgehead atoms. The molecule has 0 saturated carbocycles. The molecular weight excluding hydrogens is 194 g/mol. The zero-order valence-corrected chi connectivity index (χ0v) is 9.62. The Morgan fingerprint density at radius 1 is 1.21 bits per heavy atom. The maximum absolute atomic E-state index is 5.93. The van der Waals surface area contributed by atoms with Gasteiger partial charge in [0, 0.05) is 5.71 Å². The summed E-state index contributed by atoms with van der Waals surface area (Å²) in [6.45, 7) is 5.99. The maximum atomic E-state index is 5.93. The van der Waals surface area contributed by atoms with E-state index in [4.69, 9.17) is 11.6 Å². The molecule has 0 saturated heterocycles. The molecule has 0 fully saturated rings. The van der Waals surface area contributed by atoms with Crippen LogP contribution in [0.1, 0.15) is 32.4 Å². The van der Waals surface area contributed by atoms with Gasteiger partial charge in [-0.05, 0) is 26.3 Å². The molecule has 1 aromatic carbocycles. The van der Waals surface area contributed by atoms with Gasteiger partial charge in [-0.15, -0.1) is 11.6 Å². The minimum Gasteiger partial charge on any atom is -0.285 e. The van der Waals surface area contributed by atoms with Gasteiger partial charge < -0.3 is 0 Å². The molecule has 0 heterocycles. The Morgan fingerprint density at radius 3 is 2.29 bits per heavy atom. The largest absolute Gasteiger partial charge is 0.285 e. The Hall–Kier alpha value is -0.820. The minimum absolute atomic E-state index is 0.0150. The second kappa shape index (κ2) is 5.16. The molecule has 0 aromatic heterocycles. The molecule has 0 aliphatic heterocycles. The van der Waals surface area contributed by atoms with Crippen molar-refractivity contribution in [2.24, 2.45) is 4.99 Å². The van der Waals surface area contributed by atoms with E-state index in [2.05, 4.69) is 24.0 Å². The Morgan fingerprint density at radius 2 is 1.79 bits per heavy atom. The quantitative estimate of drug-likeness (QED) is 0.530. The Labute approximate surface area is 90.8 Å². The maximum Gasteiger partial charge on any atom is 0.0720 e. The number of hydrogen-bond acceptors (Lipinski definition) is 1. The number of nitrogens with zero attached hydrogens (tertiary/aromatic N) is 1. The molecular formula is C12H16ClN. The number of hydrogen-bond donors (Lipinski definition) is 0. The SMILES string of the molecule is CC(=N[C@@H](C)c1ccccc1)C(C)Cl. The van der Waals surface area contributed by atoms with Gasteiger partial charge >= 0.3 is 0 Å². The first-order chi connectivity index (χ1) is 6.61. The molecule has 1 unspecified atom stereocenters. The van der Waals surface area contributed by atoms with Gasteiger partial charge in [-0.2, -0.15) is 0 Å². The summed E-state index contributed by atoms with van der Waals surface area (Å²) >= 11 is 5.93. The van der Waals surface area contributed by atoms with Crippen LogP contribution >= 0.6 is 11.6 Å². The lowest BCUT2D eigenvalue weighted by Gasteiger charge is -2.09. The third kappa shape index (κ3) is 3.15. The summed E-state index contributed by atoms with van der Waals surface area (Å²) in [4.78, 5) is 4.53. The van der Waals surface area contributed by atoms with Gasteiger partial charge in [0.2, 0.25) is 0 Å². The van der Waals surface area contributed by atoms with Crippen molar-refractivity contribution in [2.45, 2.75) is 32.2 Å². The molecule has 76 valence electrons. The van der Waals surface area contributed by atoms with E-state index in [1.54, 1.807) is 0 Å². The lowest BCUT2D eigenvalue weighted by atomic mass is 10.1. The number of alkyl halides is 1. The van der Waals surface area contributed by atoms with Crippen LogP contribution in [0.3, 0.4) is 0 Å². The standard InChI is InChI=1S/C12H16ClN/c1-9(13)10(2)14-11(3)12-7-5-4-6-8-12/h4-9,11H,1-3H3/t9?,11-/m0/s1. The molecule has 0 radical (unpaired) electrons. The molecule has 0 spiro atoms. The first-order valence-electron chi connectivity index (χ1n) is 4.84. The fourth-order valence-corrected chi connectivity index (χ4v) is 1.27. The van der Waals surface area contributed by atoms with Crippen LogP contribution in [0.15, 0.2) is 35.3 Å². The van der Waals surface area contributed by atoms with Gasteiger partial charge in [-0.3, -0.25) is 4.99 Å². The fourth-order valence-electron chi connectivity index (χ4n) is 1.21. The van der Waals surface area contributed by atoms with E-state index in [0.29, 0.717) is 0 Å². The van der Waals surface area contributed by atoms with Crippen molar-refractivity contribution in [1.29, 1.82) is 0 Å². The summed E-state index contributed by atoms with van der Waals surface area (Å²) in [5.74, 6) is 0. The molecule has 0 N–H and O–H groups in total. The predicted octanol–water partition coefficient (Wildman–Crippen LogP) is 3.84. The fraction of sp³-hybridized carbons (Fsp3) is 0.417. The lowest BCUT2D eigenvalue weighted by Crippen LogP contribution is -2.07. The van der Waals surface area contributed by atoms with Crippen LogP contribution in [-0.4, -0.2) is 11.1 Å². The summed E-state index contributed by atoms with van der Waals surface area (Å²) < 4.78 is 0. The first kappa shape index (κ1) is 11.3. The molecule has 2 heteroatoms. The Bertz CT molecular complexity index is 303. The van der Waals surface area contributed by atoms with Crippen LogP contribution in [0.4, 0.5) is 0 Å². The highest BCUT2D eigenvalue weighted by molar-refractivity contribution is 6.31. The second-order valence-electron chi connectivity index (χ2n) is 3.47. The second-order valence-corrected chi connectivity index (χ2v) is 4.13. The summed E-state index contributed by atoms with van der Waals surface area (Å²) in [5, 5.41) is 0.0150. The Balaban J connectivity index is 2.77. The Kier molecular flexibility index (Phi) is 4.15. The first-order valence-corrected chi connectivity index (χ1v) is 5.28. The topological polar surface area (TPSA) is 12.4 Å². The van der Waals surface area contributed by atoms with Gasteiger partial charge in [0.1, 0.15) is 0 Å². The van der Waals surface area contributed by atoms with Crippen molar-refractivity contribution in [3.63, 3.8) is 0 Å². The third-order valence-corrected chi connectivity index (χ3v) is 2.57. The van der Waals surface area contributed by atoms with E-state index in [1.807, 2.05) is 32.0 Å². The zero-order chi connectivity index (χ0) is 10.6. The van der Waals surface area contributed by atoms with E-state index in [9.17, 15) is 0 Å². The van der Waals surface area contributed by atoms with E-state index < -0.39 is 0 Å². The molecule has 2 atom stereocenters. The molecule has 1 rings (SSSR count). The van der Waals surface area contributed by atoms with E-state index in [0.717, 1.165) is 5.71 Å². The average molecular weight is 210 g/mol. The molecule has 0 amide bonds. The van der Waals surface area contributed by atoms with E-state index in [-0.39, 0.29) is 11.4 Å². The van der Waals surface area contributed by atoms with Gasteiger partial charge in [-0.1, -0.05) is 30.3 Å². The van der Waals surface area contributed by atoms with Crippen LogP contribution in [0.5, 0.6) is 0 Å². The van der Waals surface area contributed by atoms with Crippen molar-refractivity contribution in [2.75, 3.05) is 0 Å². The van der Waals surface area contributed by atoms with Gasteiger partial charge in [-0.25, -0.2) is 0 Å². The van der Waals surface area contributed by atoms with Gasteiger partial charge in [0.25, 0.3) is 0 Å². The number of benzene rings is 1. The van der Waals surface area contributed by atoms with Crippen LogP contribution in [0, 0.1) is 0 Å². The van der Waals surface area contributed by atoms with Crippen molar-refractivity contribution >= 4 is 17.3 Å². The number of rotatable bonds is 3. The third-order valence-electron chi connectivity index (χ3n) is 2.25. The van der Waals surface area contributed by atoms with E-state index >= 15 is 0 Å². The summed E-state index contributed by atoms with van der Waals surface area (Å²) in [5.41, 5.74) is 2.21.